The number of hydrogen-bond acceptors (Lipinski definition) is 1. The molecule has 0 saturated carbocycles. The summed E-state index contributed by atoms with van der Waals surface area (Å²) in [5, 5.41) is 3.15. The van der Waals surface area contributed by atoms with Crippen LogP contribution in [0.4, 0.5) is 4.39 Å². The molecule has 0 amide bonds. The molecule has 0 heterocycles. The Balaban J connectivity index is 2.83. The van der Waals surface area contributed by atoms with Crippen molar-refractivity contribution in [2.24, 2.45) is 0 Å². The minimum absolute atomic E-state index is 0.156. The Labute approximate surface area is 84.6 Å². The highest BCUT2D eigenvalue weighted by Crippen LogP contribution is 2.20. The van der Waals surface area contributed by atoms with Crippen LogP contribution in [0.3, 0.4) is 0 Å². The van der Waals surface area contributed by atoms with E-state index in [-0.39, 0.29) is 11.9 Å². The first-order valence-corrected chi connectivity index (χ1v) is 4.70. The molecule has 0 fully saturated rings. The van der Waals surface area contributed by atoms with Crippen molar-refractivity contribution in [3.8, 4) is 0 Å². The summed E-state index contributed by atoms with van der Waals surface area (Å²) in [7, 11) is 1.87. The quantitative estimate of drug-likeness (QED) is 0.725. The minimum atomic E-state index is -0.190. The molecule has 0 spiro atoms. The van der Waals surface area contributed by atoms with Crippen LogP contribution in [0.25, 0.3) is 0 Å². The predicted molar refractivity (Wildman–Crippen MR) is 57.6 cm³/mol. The zero-order valence-electron chi connectivity index (χ0n) is 8.68. The van der Waals surface area contributed by atoms with Gasteiger partial charge in [-0.25, -0.2) is 4.39 Å². The second-order valence-corrected chi connectivity index (χ2v) is 3.56. The second-order valence-electron chi connectivity index (χ2n) is 3.56. The molecule has 0 aliphatic heterocycles. The summed E-state index contributed by atoms with van der Waals surface area (Å²) >= 11 is 0. The maximum atomic E-state index is 13.0. The first-order chi connectivity index (χ1) is 6.63. The molecule has 0 bridgehead atoms. The maximum Gasteiger partial charge on any atom is 0.123 e. The molecule has 1 N–H and O–H groups in total. The third-order valence-corrected chi connectivity index (χ3v) is 2.15. The fourth-order valence-electron chi connectivity index (χ4n) is 1.46. The van der Waals surface area contributed by atoms with Gasteiger partial charge < -0.3 is 5.32 Å². The molecular formula is C12H16FN. The maximum absolute atomic E-state index is 13.0. The lowest BCUT2D eigenvalue weighted by Crippen LogP contribution is -2.16. The van der Waals surface area contributed by atoms with Crippen molar-refractivity contribution in [1.29, 1.82) is 0 Å². The van der Waals surface area contributed by atoms with Crippen LogP contribution >= 0.6 is 0 Å². The van der Waals surface area contributed by atoms with E-state index in [0.29, 0.717) is 0 Å². The van der Waals surface area contributed by atoms with Gasteiger partial charge in [0.25, 0.3) is 0 Å². The molecule has 0 aromatic heterocycles. The van der Waals surface area contributed by atoms with Crippen molar-refractivity contribution < 1.29 is 4.39 Å². The Morgan fingerprint density at radius 1 is 1.57 bits per heavy atom. The molecule has 0 aliphatic rings. The Kier molecular flexibility index (Phi) is 3.84. The fourth-order valence-corrected chi connectivity index (χ4v) is 1.46. The van der Waals surface area contributed by atoms with Gasteiger partial charge >= 0.3 is 0 Å². The van der Waals surface area contributed by atoms with Crippen molar-refractivity contribution in [3.63, 3.8) is 0 Å². The second kappa shape index (κ2) is 4.91. The molecule has 14 heavy (non-hydrogen) atoms. The van der Waals surface area contributed by atoms with E-state index in [1.54, 1.807) is 12.1 Å². The summed E-state index contributed by atoms with van der Waals surface area (Å²) in [6.45, 7) is 5.83. The van der Waals surface area contributed by atoms with Crippen LogP contribution in [0.2, 0.25) is 0 Å². The lowest BCUT2D eigenvalue weighted by Gasteiger charge is -2.16. The average molecular weight is 193 g/mol. The summed E-state index contributed by atoms with van der Waals surface area (Å²) in [5.41, 5.74) is 2.06. The van der Waals surface area contributed by atoms with E-state index in [1.807, 2.05) is 20.0 Å². The molecule has 76 valence electrons. The minimum Gasteiger partial charge on any atom is -0.313 e. The van der Waals surface area contributed by atoms with Gasteiger partial charge in [0.1, 0.15) is 5.82 Å². The van der Waals surface area contributed by atoms with E-state index >= 15 is 0 Å². The summed E-state index contributed by atoms with van der Waals surface area (Å²) in [4.78, 5) is 0. The lowest BCUT2D eigenvalue weighted by atomic mass is 10.0. The van der Waals surface area contributed by atoms with Gasteiger partial charge in [-0.2, -0.15) is 0 Å². The standard InChI is InChI=1S/C12H16FN/c1-9(2)7-12(14-3)10-5-4-6-11(13)8-10/h4-6,8,12,14H,1,7H2,2-3H3. The SMILES string of the molecule is C=C(C)CC(NC)c1cccc(F)c1. The zero-order chi connectivity index (χ0) is 10.6. The van der Waals surface area contributed by atoms with Crippen molar-refractivity contribution in [2.45, 2.75) is 19.4 Å². The Morgan fingerprint density at radius 2 is 2.29 bits per heavy atom. The van der Waals surface area contributed by atoms with Gasteiger partial charge in [-0.1, -0.05) is 17.7 Å². The Bertz CT molecular complexity index is 320. The number of hydrogen-bond donors (Lipinski definition) is 1. The summed E-state index contributed by atoms with van der Waals surface area (Å²) in [5.74, 6) is -0.190. The van der Waals surface area contributed by atoms with E-state index < -0.39 is 0 Å². The summed E-state index contributed by atoms with van der Waals surface area (Å²) < 4.78 is 13.0. The van der Waals surface area contributed by atoms with Crippen molar-refractivity contribution in [1.82, 2.24) is 5.32 Å². The van der Waals surface area contributed by atoms with Gasteiger partial charge in [-0.05, 0) is 38.1 Å². The van der Waals surface area contributed by atoms with Gasteiger partial charge in [0.05, 0.1) is 0 Å². The first-order valence-electron chi connectivity index (χ1n) is 4.70. The van der Waals surface area contributed by atoms with E-state index in [0.717, 1.165) is 17.6 Å². The molecular weight excluding hydrogens is 177 g/mol. The van der Waals surface area contributed by atoms with Crippen LogP contribution in [0.5, 0.6) is 0 Å². The third kappa shape index (κ3) is 2.96. The van der Waals surface area contributed by atoms with E-state index in [9.17, 15) is 4.39 Å². The van der Waals surface area contributed by atoms with Gasteiger partial charge in [0.2, 0.25) is 0 Å². The highest BCUT2D eigenvalue weighted by molar-refractivity contribution is 5.21. The van der Waals surface area contributed by atoms with Crippen LogP contribution in [-0.4, -0.2) is 7.05 Å². The monoisotopic (exact) mass is 193 g/mol. The Hall–Kier alpha value is -1.15. The molecule has 1 aromatic rings. The Morgan fingerprint density at radius 3 is 2.79 bits per heavy atom. The topological polar surface area (TPSA) is 12.0 Å². The number of halogens is 1. The summed E-state index contributed by atoms with van der Waals surface area (Å²) in [6, 6.07) is 6.82. The van der Waals surface area contributed by atoms with Gasteiger partial charge in [0, 0.05) is 6.04 Å². The first kappa shape index (κ1) is 10.9. The predicted octanol–water partition coefficient (Wildman–Crippen LogP) is 3.05. The van der Waals surface area contributed by atoms with Crippen LogP contribution in [0.15, 0.2) is 36.4 Å². The lowest BCUT2D eigenvalue weighted by molar-refractivity contribution is 0.576. The molecule has 1 atom stereocenters. The largest absolute Gasteiger partial charge is 0.313 e. The van der Waals surface area contributed by atoms with Crippen LogP contribution in [0.1, 0.15) is 24.9 Å². The fraction of sp³-hybridized carbons (Fsp3) is 0.333. The molecule has 2 heteroatoms. The number of benzene rings is 1. The van der Waals surface area contributed by atoms with E-state index in [1.165, 1.54) is 6.07 Å². The molecule has 0 saturated heterocycles. The van der Waals surface area contributed by atoms with Crippen LogP contribution in [-0.2, 0) is 0 Å². The molecule has 1 nitrogen and oxygen atoms in total. The molecule has 1 unspecified atom stereocenters. The van der Waals surface area contributed by atoms with Crippen molar-refractivity contribution in [2.75, 3.05) is 7.05 Å². The highest BCUT2D eigenvalue weighted by Gasteiger charge is 2.09. The van der Waals surface area contributed by atoms with Gasteiger partial charge in [-0.15, -0.1) is 6.58 Å². The molecule has 0 radical (unpaired) electrons. The zero-order valence-corrected chi connectivity index (χ0v) is 8.68. The van der Waals surface area contributed by atoms with Gasteiger partial charge in [0.15, 0.2) is 0 Å². The molecule has 1 aromatic carbocycles. The normalized spacial score (nSPS) is 12.5. The number of nitrogens with one attached hydrogen (secondary N) is 1. The smallest absolute Gasteiger partial charge is 0.123 e. The van der Waals surface area contributed by atoms with Gasteiger partial charge in [-0.3, -0.25) is 0 Å². The molecule has 0 aliphatic carbocycles. The molecule has 1 rings (SSSR count). The van der Waals surface area contributed by atoms with Crippen molar-refractivity contribution in [3.05, 3.63) is 47.8 Å². The highest BCUT2D eigenvalue weighted by atomic mass is 19.1. The van der Waals surface area contributed by atoms with Crippen LogP contribution < -0.4 is 5.32 Å². The number of rotatable bonds is 4. The summed E-state index contributed by atoms with van der Waals surface area (Å²) in [6.07, 6.45) is 0.833. The van der Waals surface area contributed by atoms with Crippen LogP contribution in [0, 0.1) is 5.82 Å². The van der Waals surface area contributed by atoms with Crippen molar-refractivity contribution >= 4 is 0 Å². The van der Waals surface area contributed by atoms with E-state index in [2.05, 4.69) is 11.9 Å². The third-order valence-electron chi connectivity index (χ3n) is 2.15. The van der Waals surface area contributed by atoms with E-state index in [4.69, 9.17) is 0 Å². The average Bonchev–Trinajstić information content (AvgIpc) is 2.14.